The first-order valence-electron chi connectivity index (χ1n) is 6.05. The Morgan fingerprint density at radius 1 is 1.50 bits per heavy atom. The first kappa shape index (κ1) is 15.7. The standard InChI is InChI=1S/C13H18BrClFNO/c1-3-4-9(2)17-5-6-18-13-8-12(16)10(14)7-11(13)15/h7-9,17H,3-6H2,1-2H3. The molecule has 1 atom stereocenters. The van der Waals surface area contributed by atoms with Gasteiger partial charge in [0.1, 0.15) is 18.2 Å². The Bertz CT molecular complexity index is 389. The Morgan fingerprint density at radius 3 is 2.89 bits per heavy atom. The van der Waals surface area contributed by atoms with E-state index in [1.165, 1.54) is 12.1 Å². The topological polar surface area (TPSA) is 21.3 Å². The number of hydrogen-bond donors (Lipinski definition) is 1. The molecular formula is C13H18BrClFNO. The van der Waals surface area contributed by atoms with E-state index >= 15 is 0 Å². The quantitative estimate of drug-likeness (QED) is 0.588. The molecule has 0 aliphatic carbocycles. The molecule has 0 saturated carbocycles. The minimum Gasteiger partial charge on any atom is -0.491 e. The number of rotatable bonds is 7. The predicted molar refractivity (Wildman–Crippen MR) is 77.0 cm³/mol. The van der Waals surface area contributed by atoms with Crippen LogP contribution in [-0.4, -0.2) is 19.2 Å². The fourth-order valence-corrected chi connectivity index (χ4v) is 2.31. The van der Waals surface area contributed by atoms with E-state index in [9.17, 15) is 4.39 Å². The van der Waals surface area contributed by atoms with E-state index in [1.807, 2.05) is 0 Å². The number of ether oxygens (including phenoxy) is 1. The van der Waals surface area contributed by atoms with Crippen LogP contribution in [0.3, 0.4) is 0 Å². The molecule has 1 aromatic rings. The number of nitrogens with one attached hydrogen (secondary N) is 1. The van der Waals surface area contributed by atoms with Crippen LogP contribution in [0.15, 0.2) is 16.6 Å². The lowest BCUT2D eigenvalue weighted by Gasteiger charge is -2.13. The van der Waals surface area contributed by atoms with Gasteiger partial charge >= 0.3 is 0 Å². The molecule has 2 nitrogen and oxygen atoms in total. The van der Waals surface area contributed by atoms with Crippen molar-refractivity contribution in [1.82, 2.24) is 5.32 Å². The molecule has 1 rings (SSSR count). The van der Waals surface area contributed by atoms with Crippen molar-refractivity contribution in [3.05, 3.63) is 27.4 Å². The Hall–Kier alpha value is -0.320. The summed E-state index contributed by atoms with van der Waals surface area (Å²) >= 11 is 9.02. The molecule has 1 N–H and O–H groups in total. The molecule has 0 bridgehead atoms. The maximum absolute atomic E-state index is 13.3. The highest BCUT2D eigenvalue weighted by atomic mass is 79.9. The molecule has 0 saturated heterocycles. The van der Waals surface area contributed by atoms with Gasteiger partial charge in [-0.15, -0.1) is 0 Å². The van der Waals surface area contributed by atoms with Gasteiger partial charge < -0.3 is 10.1 Å². The van der Waals surface area contributed by atoms with Gasteiger partial charge in [-0.1, -0.05) is 24.9 Å². The minimum atomic E-state index is -0.373. The van der Waals surface area contributed by atoms with Crippen LogP contribution >= 0.6 is 27.5 Å². The summed E-state index contributed by atoms with van der Waals surface area (Å²) in [6, 6.07) is 3.26. The number of benzene rings is 1. The highest BCUT2D eigenvalue weighted by Crippen LogP contribution is 2.30. The predicted octanol–water partition coefficient (Wildman–Crippen LogP) is 4.40. The summed E-state index contributed by atoms with van der Waals surface area (Å²) in [4.78, 5) is 0. The Balaban J connectivity index is 2.38. The van der Waals surface area contributed by atoms with Gasteiger partial charge in [0.05, 0.1) is 9.50 Å². The largest absolute Gasteiger partial charge is 0.491 e. The Morgan fingerprint density at radius 2 is 2.22 bits per heavy atom. The number of hydrogen-bond acceptors (Lipinski definition) is 2. The third-order valence-corrected chi connectivity index (χ3v) is 3.45. The lowest BCUT2D eigenvalue weighted by molar-refractivity contribution is 0.303. The number of halogens is 3. The van der Waals surface area contributed by atoms with Crippen molar-refractivity contribution in [2.24, 2.45) is 0 Å². The third kappa shape index (κ3) is 5.12. The van der Waals surface area contributed by atoms with Crippen LogP contribution in [0.4, 0.5) is 4.39 Å². The normalized spacial score (nSPS) is 12.5. The van der Waals surface area contributed by atoms with Crippen molar-refractivity contribution in [2.75, 3.05) is 13.2 Å². The monoisotopic (exact) mass is 337 g/mol. The van der Waals surface area contributed by atoms with E-state index in [1.54, 1.807) is 0 Å². The van der Waals surface area contributed by atoms with Crippen molar-refractivity contribution in [3.8, 4) is 5.75 Å². The van der Waals surface area contributed by atoms with Gasteiger partial charge in [0, 0.05) is 18.7 Å². The molecule has 0 aliphatic heterocycles. The van der Waals surface area contributed by atoms with E-state index in [4.69, 9.17) is 16.3 Å². The summed E-state index contributed by atoms with van der Waals surface area (Å²) in [6.45, 7) is 5.47. The lowest BCUT2D eigenvalue weighted by Crippen LogP contribution is -2.30. The maximum Gasteiger partial charge on any atom is 0.141 e. The molecule has 0 radical (unpaired) electrons. The van der Waals surface area contributed by atoms with Gasteiger partial charge in [-0.2, -0.15) is 0 Å². The zero-order chi connectivity index (χ0) is 13.5. The van der Waals surface area contributed by atoms with E-state index in [0.29, 0.717) is 27.9 Å². The molecule has 0 fully saturated rings. The molecule has 0 amide bonds. The molecule has 1 aromatic carbocycles. The van der Waals surface area contributed by atoms with Crippen LogP contribution in [0.5, 0.6) is 5.75 Å². The summed E-state index contributed by atoms with van der Waals surface area (Å²) < 4.78 is 19.1. The van der Waals surface area contributed by atoms with Crippen LogP contribution in [-0.2, 0) is 0 Å². The average molecular weight is 339 g/mol. The van der Waals surface area contributed by atoms with Gasteiger partial charge in [0.25, 0.3) is 0 Å². The fraction of sp³-hybridized carbons (Fsp3) is 0.538. The van der Waals surface area contributed by atoms with Gasteiger partial charge in [0.15, 0.2) is 0 Å². The smallest absolute Gasteiger partial charge is 0.141 e. The van der Waals surface area contributed by atoms with E-state index < -0.39 is 0 Å². The third-order valence-electron chi connectivity index (χ3n) is 2.55. The van der Waals surface area contributed by atoms with Crippen molar-refractivity contribution in [3.63, 3.8) is 0 Å². The summed E-state index contributed by atoms with van der Waals surface area (Å²) in [7, 11) is 0. The van der Waals surface area contributed by atoms with Gasteiger partial charge in [-0.25, -0.2) is 4.39 Å². The highest BCUT2D eigenvalue weighted by Gasteiger charge is 2.08. The second-order valence-corrected chi connectivity index (χ2v) is 5.45. The molecule has 1 unspecified atom stereocenters. The molecule has 0 spiro atoms. The second kappa shape index (κ2) is 7.97. The van der Waals surface area contributed by atoms with Gasteiger partial charge in [-0.05, 0) is 35.3 Å². The first-order chi connectivity index (χ1) is 8.54. The zero-order valence-electron chi connectivity index (χ0n) is 10.6. The summed E-state index contributed by atoms with van der Waals surface area (Å²) in [5.41, 5.74) is 0. The van der Waals surface area contributed by atoms with Crippen molar-refractivity contribution < 1.29 is 9.13 Å². The molecule has 0 heterocycles. The summed E-state index contributed by atoms with van der Waals surface area (Å²) in [6.07, 6.45) is 2.28. The van der Waals surface area contributed by atoms with Crippen LogP contribution in [0.1, 0.15) is 26.7 Å². The zero-order valence-corrected chi connectivity index (χ0v) is 12.9. The van der Waals surface area contributed by atoms with Crippen LogP contribution < -0.4 is 10.1 Å². The average Bonchev–Trinajstić information content (AvgIpc) is 2.31. The SMILES string of the molecule is CCCC(C)NCCOc1cc(F)c(Br)cc1Cl. The van der Waals surface area contributed by atoms with E-state index in [0.717, 1.165) is 19.4 Å². The summed E-state index contributed by atoms with van der Waals surface area (Å²) in [5, 5.41) is 3.74. The van der Waals surface area contributed by atoms with Crippen molar-refractivity contribution >= 4 is 27.5 Å². The lowest BCUT2D eigenvalue weighted by atomic mass is 10.2. The molecule has 0 aromatic heterocycles. The Kier molecular flexibility index (Phi) is 6.97. The van der Waals surface area contributed by atoms with Crippen molar-refractivity contribution in [1.29, 1.82) is 0 Å². The molecule has 102 valence electrons. The molecule has 0 aliphatic rings. The molecular weight excluding hydrogens is 321 g/mol. The van der Waals surface area contributed by atoms with E-state index in [-0.39, 0.29) is 5.82 Å². The van der Waals surface area contributed by atoms with Crippen LogP contribution in [0, 0.1) is 5.82 Å². The van der Waals surface area contributed by atoms with Gasteiger partial charge in [-0.3, -0.25) is 0 Å². The molecule has 18 heavy (non-hydrogen) atoms. The van der Waals surface area contributed by atoms with Crippen molar-refractivity contribution in [2.45, 2.75) is 32.7 Å². The van der Waals surface area contributed by atoms with Crippen LogP contribution in [0.2, 0.25) is 5.02 Å². The molecule has 5 heteroatoms. The summed E-state index contributed by atoms with van der Waals surface area (Å²) in [5.74, 6) is 0.00372. The first-order valence-corrected chi connectivity index (χ1v) is 7.22. The maximum atomic E-state index is 13.3. The van der Waals surface area contributed by atoms with E-state index in [2.05, 4.69) is 35.1 Å². The second-order valence-electron chi connectivity index (χ2n) is 4.19. The Labute approximate surface area is 121 Å². The van der Waals surface area contributed by atoms with Crippen LogP contribution in [0.25, 0.3) is 0 Å². The highest BCUT2D eigenvalue weighted by molar-refractivity contribution is 9.10. The van der Waals surface area contributed by atoms with Gasteiger partial charge in [0.2, 0.25) is 0 Å². The fourth-order valence-electron chi connectivity index (χ4n) is 1.62. The minimum absolute atomic E-state index is 0.342.